The molecule has 1 aromatic rings. The summed E-state index contributed by atoms with van der Waals surface area (Å²) >= 11 is 16.1. The molecule has 4 heteroatoms. The van der Waals surface area contributed by atoms with Crippen molar-refractivity contribution in [1.29, 1.82) is 0 Å². The zero-order valence-corrected chi connectivity index (χ0v) is 15.4. The average molecular weight is 376 g/mol. The number of halogens is 3. The molecule has 0 aromatic heterocycles. The van der Waals surface area contributed by atoms with Gasteiger partial charge in [0.15, 0.2) is 0 Å². The fourth-order valence-electron chi connectivity index (χ4n) is 2.19. The van der Waals surface area contributed by atoms with E-state index in [0.717, 1.165) is 11.5 Å². The Labute approximate surface area is 134 Å². The summed E-state index contributed by atoms with van der Waals surface area (Å²) in [6, 6.07) is 8.83. The van der Waals surface area contributed by atoms with Crippen LogP contribution in [-0.4, -0.2) is 8.07 Å². The zero-order chi connectivity index (χ0) is 14.3. The summed E-state index contributed by atoms with van der Waals surface area (Å²) in [4.78, 5) is 0. The van der Waals surface area contributed by atoms with E-state index < -0.39 is 8.07 Å². The standard InChI is InChI=1S/C15H17BrCl2Si/c1-19(2,3)14-6-4-11(5-7-14)15(16)9-12(17)8-13(18)10-15/h4-9H,10H2,1-3H3. The van der Waals surface area contributed by atoms with E-state index >= 15 is 0 Å². The number of benzene rings is 1. The smallest absolute Gasteiger partial charge is 0.0775 e. The van der Waals surface area contributed by atoms with E-state index in [9.17, 15) is 0 Å². The van der Waals surface area contributed by atoms with Crippen LogP contribution < -0.4 is 5.19 Å². The summed E-state index contributed by atoms with van der Waals surface area (Å²) < 4.78 is -0.284. The Morgan fingerprint density at radius 1 is 1.11 bits per heavy atom. The van der Waals surface area contributed by atoms with Crippen molar-refractivity contribution in [2.24, 2.45) is 0 Å². The molecule has 0 N–H and O–H groups in total. The minimum atomic E-state index is -1.25. The summed E-state index contributed by atoms with van der Waals surface area (Å²) in [6.07, 6.45) is 4.56. The Bertz CT molecular complexity index is 540. The van der Waals surface area contributed by atoms with E-state index in [1.54, 1.807) is 6.08 Å². The quantitative estimate of drug-likeness (QED) is 0.474. The van der Waals surface area contributed by atoms with Crippen LogP contribution >= 0.6 is 39.1 Å². The first-order chi connectivity index (χ1) is 8.71. The first kappa shape index (κ1) is 15.4. The molecule has 0 amide bonds. The lowest BCUT2D eigenvalue weighted by atomic mass is 9.92. The number of hydrogen-bond acceptors (Lipinski definition) is 0. The van der Waals surface area contributed by atoms with Crippen LogP contribution in [0.5, 0.6) is 0 Å². The fraction of sp³-hybridized carbons (Fsp3) is 0.333. The Morgan fingerprint density at radius 3 is 2.16 bits per heavy atom. The lowest BCUT2D eigenvalue weighted by molar-refractivity contribution is 0.785. The number of allylic oxidation sites excluding steroid dienone is 4. The van der Waals surface area contributed by atoms with Gasteiger partial charge >= 0.3 is 0 Å². The van der Waals surface area contributed by atoms with Gasteiger partial charge in [-0.15, -0.1) is 0 Å². The largest absolute Gasteiger partial charge is 0.0890 e. The van der Waals surface area contributed by atoms with Crippen molar-refractivity contribution in [3.05, 3.63) is 52.0 Å². The van der Waals surface area contributed by atoms with Crippen molar-refractivity contribution in [3.8, 4) is 0 Å². The minimum Gasteiger partial charge on any atom is -0.0890 e. The highest BCUT2D eigenvalue weighted by Crippen LogP contribution is 2.44. The average Bonchev–Trinajstić information content (AvgIpc) is 2.26. The molecule has 0 bridgehead atoms. The Kier molecular flexibility index (Phi) is 4.37. The fourth-order valence-corrected chi connectivity index (χ4v) is 5.17. The highest BCUT2D eigenvalue weighted by molar-refractivity contribution is 9.09. The highest BCUT2D eigenvalue weighted by atomic mass is 79.9. The molecule has 0 radical (unpaired) electrons. The van der Waals surface area contributed by atoms with Gasteiger partial charge in [0.2, 0.25) is 0 Å². The van der Waals surface area contributed by atoms with Crippen LogP contribution in [-0.2, 0) is 4.32 Å². The van der Waals surface area contributed by atoms with Crippen molar-refractivity contribution in [3.63, 3.8) is 0 Å². The van der Waals surface area contributed by atoms with Gasteiger partial charge in [0.1, 0.15) is 0 Å². The van der Waals surface area contributed by atoms with Crippen molar-refractivity contribution in [1.82, 2.24) is 0 Å². The summed E-state index contributed by atoms with van der Waals surface area (Å²) in [6.45, 7) is 7.05. The molecule has 1 aliphatic rings. The van der Waals surface area contributed by atoms with Crippen LogP contribution in [0.1, 0.15) is 12.0 Å². The first-order valence-corrected chi connectivity index (χ1v) is 11.3. The molecule has 102 valence electrons. The van der Waals surface area contributed by atoms with Crippen molar-refractivity contribution < 1.29 is 0 Å². The van der Waals surface area contributed by atoms with E-state index in [1.165, 1.54) is 10.8 Å². The van der Waals surface area contributed by atoms with Gasteiger partial charge in [-0.1, -0.05) is 88.2 Å². The molecular weight excluding hydrogens is 359 g/mol. The third-order valence-electron chi connectivity index (χ3n) is 3.32. The third kappa shape index (κ3) is 3.55. The van der Waals surface area contributed by atoms with Crippen LogP contribution in [0.15, 0.2) is 46.5 Å². The van der Waals surface area contributed by atoms with Gasteiger partial charge in [0, 0.05) is 16.5 Å². The maximum Gasteiger partial charge on any atom is 0.0775 e. The van der Waals surface area contributed by atoms with Gasteiger partial charge in [-0.3, -0.25) is 0 Å². The minimum absolute atomic E-state index is 0.284. The monoisotopic (exact) mass is 374 g/mol. The van der Waals surface area contributed by atoms with Crippen molar-refractivity contribution >= 4 is 52.4 Å². The second-order valence-corrected chi connectivity index (χ2v) is 13.4. The maximum atomic E-state index is 6.16. The Morgan fingerprint density at radius 2 is 1.68 bits per heavy atom. The van der Waals surface area contributed by atoms with Crippen LogP contribution in [0.25, 0.3) is 0 Å². The lowest BCUT2D eigenvalue weighted by Gasteiger charge is -2.28. The third-order valence-corrected chi connectivity index (χ3v) is 6.81. The van der Waals surface area contributed by atoms with E-state index in [4.69, 9.17) is 23.2 Å². The van der Waals surface area contributed by atoms with Crippen molar-refractivity contribution in [2.45, 2.75) is 30.4 Å². The molecule has 1 unspecified atom stereocenters. The van der Waals surface area contributed by atoms with Gasteiger partial charge in [-0.2, -0.15) is 0 Å². The number of hydrogen-bond donors (Lipinski definition) is 0. The van der Waals surface area contributed by atoms with Crippen molar-refractivity contribution in [2.75, 3.05) is 0 Å². The van der Waals surface area contributed by atoms with Gasteiger partial charge in [0.25, 0.3) is 0 Å². The summed E-state index contributed by atoms with van der Waals surface area (Å²) in [5, 5.41) is 2.92. The number of alkyl halides is 1. The predicted octanol–water partition coefficient (Wildman–Crippen LogP) is 5.47. The molecule has 1 aromatic carbocycles. The summed E-state index contributed by atoms with van der Waals surface area (Å²) in [7, 11) is -1.25. The Hall–Kier alpha value is -0.0231. The molecule has 0 saturated carbocycles. The Balaban J connectivity index is 2.36. The van der Waals surface area contributed by atoms with E-state index in [1.807, 2.05) is 6.08 Å². The lowest BCUT2D eigenvalue weighted by Crippen LogP contribution is -2.37. The van der Waals surface area contributed by atoms with Crippen LogP contribution in [0.4, 0.5) is 0 Å². The highest BCUT2D eigenvalue weighted by Gasteiger charge is 2.31. The summed E-state index contributed by atoms with van der Waals surface area (Å²) in [5.41, 5.74) is 1.19. The van der Waals surface area contributed by atoms with E-state index in [-0.39, 0.29) is 4.32 Å². The predicted molar refractivity (Wildman–Crippen MR) is 92.5 cm³/mol. The maximum absolute atomic E-state index is 6.16. The second kappa shape index (κ2) is 5.40. The van der Waals surface area contributed by atoms with Crippen LogP contribution in [0.2, 0.25) is 19.6 Å². The SMILES string of the molecule is C[Si](C)(C)c1ccc(C2(Br)C=C(Cl)C=C(Cl)C2)cc1. The molecule has 1 atom stereocenters. The van der Waals surface area contributed by atoms with Gasteiger partial charge < -0.3 is 0 Å². The molecule has 0 spiro atoms. The molecule has 19 heavy (non-hydrogen) atoms. The van der Waals surface area contributed by atoms with Gasteiger partial charge in [-0.05, 0) is 17.7 Å². The van der Waals surface area contributed by atoms with Gasteiger partial charge in [-0.25, -0.2) is 0 Å². The molecule has 0 nitrogen and oxygen atoms in total. The molecular formula is C15H17BrCl2Si. The normalized spacial score (nSPS) is 23.9. The molecule has 2 rings (SSSR count). The molecule has 1 aliphatic carbocycles. The molecule has 0 heterocycles. The van der Waals surface area contributed by atoms with Crippen LogP contribution in [0.3, 0.4) is 0 Å². The number of rotatable bonds is 2. The molecule has 0 saturated heterocycles. The zero-order valence-electron chi connectivity index (χ0n) is 11.3. The second-order valence-electron chi connectivity index (χ2n) is 5.99. The van der Waals surface area contributed by atoms with E-state index in [0.29, 0.717) is 5.03 Å². The van der Waals surface area contributed by atoms with Crippen LogP contribution in [0, 0.1) is 0 Å². The van der Waals surface area contributed by atoms with Gasteiger partial charge in [0.05, 0.1) is 12.4 Å². The van der Waals surface area contributed by atoms with E-state index in [2.05, 4.69) is 59.8 Å². The first-order valence-electron chi connectivity index (χ1n) is 6.25. The molecule has 0 fully saturated rings. The summed E-state index contributed by atoms with van der Waals surface area (Å²) in [5.74, 6) is 0. The molecule has 0 aliphatic heterocycles. The topological polar surface area (TPSA) is 0 Å².